The monoisotopic (exact) mass is 489 g/mol. The van der Waals surface area contributed by atoms with Gasteiger partial charge in [-0.25, -0.2) is 9.50 Å². The van der Waals surface area contributed by atoms with E-state index in [4.69, 9.17) is 4.74 Å². The number of piperazine rings is 1. The number of fused-ring (bicyclic) bond motifs is 2. The average Bonchev–Trinajstić information content (AvgIpc) is 3.62. The van der Waals surface area contributed by atoms with Gasteiger partial charge in [-0.1, -0.05) is 12.1 Å². The first-order valence-electron chi connectivity index (χ1n) is 11.7. The number of nitrogens with zero attached hydrogens (tertiary/aromatic N) is 7. The molecule has 1 aliphatic heterocycles. The molecule has 10 heteroatoms. The van der Waals surface area contributed by atoms with Crippen LogP contribution in [0.3, 0.4) is 0 Å². The fourth-order valence-electron chi connectivity index (χ4n) is 4.61. The van der Waals surface area contributed by atoms with Crippen molar-refractivity contribution in [3.8, 4) is 11.1 Å². The molecule has 0 saturated carbocycles. The molecule has 0 radical (unpaired) electrons. The van der Waals surface area contributed by atoms with Crippen LogP contribution in [-0.4, -0.2) is 67.0 Å². The van der Waals surface area contributed by atoms with E-state index in [0.29, 0.717) is 13.1 Å². The first-order chi connectivity index (χ1) is 17.0. The average molecular weight is 490 g/mol. The second-order valence-electron chi connectivity index (χ2n) is 8.89. The third kappa shape index (κ3) is 4.30. The highest BCUT2D eigenvalue weighted by atomic mass is 32.1. The molecule has 0 bridgehead atoms. The van der Waals surface area contributed by atoms with Crippen LogP contribution in [0.25, 0.3) is 26.9 Å². The molecule has 1 aromatic carbocycles. The fourth-order valence-corrected chi connectivity index (χ4v) is 5.27. The van der Waals surface area contributed by atoms with Gasteiger partial charge in [-0.3, -0.25) is 9.58 Å². The Bertz CT molecular complexity index is 1470. The molecule has 2 unspecified atom stereocenters. The highest BCUT2D eigenvalue weighted by Crippen LogP contribution is 2.28. The number of ether oxygens (including phenoxy) is 1. The smallest absolute Gasteiger partial charge is 0.216 e. The lowest BCUT2D eigenvalue weighted by molar-refractivity contribution is -0.217. The minimum atomic E-state index is -0.954. The lowest BCUT2D eigenvalue weighted by Gasteiger charge is -2.38. The third-order valence-electron chi connectivity index (χ3n) is 6.65. The SMILES string of the molecule is CC(OC(O)N1CCN(c2cnn3cc(-c4cnn(C)c4)ccc23)CC1)c1ccc2scnc2c1. The fraction of sp³-hybridized carbons (Fsp3) is 0.320. The maximum atomic E-state index is 10.8. The van der Waals surface area contributed by atoms with Gasteiger partial charge in [0.25, 0.3) is 0 Å². The Morgan fingerprint density at radius 1 is 1.00 bits per heavy atom. The highest BCUT2D eigenvalue weighted by Gasteiger charge is 2.26. The zero-order chi connectivity index (χ0) is 23.9. The molecule has 9 nitrogen and oxygen atoms in total. The summed E-state index contributed by atoms with van der Waals surface area (Å²) in [6, 6.07) is 10.3. The van der Waals surface area contributed by atoms with Gasteiger partial charge in [0.1, 0.15) is 0 Å². The predicted molar refractivity (Wildman–Crippen MR) is 136 cm³/mol. The van der Waals surface area contributed by atoms with Gasteiger partial charge in [0.15, 0.2) is 0 Å². The number of rotatable bonds is 6. The zero-order valence-electron chi connectivity index (χ0n) is 19.7. The summed E-state index contributed by atoms with van der Waals surface area (Å²) in [6.45, 7) is 4.93. The highest BCUT2D eigenvalue weighted by molar-refractivity contribution is 7.16. The van der Waals surface area contributed by atoms with Crippen molar-refractivity contribution in [1.82, 2.24) is 29.3 Å². The summed E-state index contributed by atoms with van der Waals surface area (Å²) >= 11 is 1.62. The van der Waals surface area contributed by atoms with E-state index in [0.717, 1.165) is 51.2 Å². The summed E-state index contributed by atoms with van der Waals surface area (Å²) in [5.41, 5.74) is 8.13. The van der Waals surface area contributed by atoms with Crippen LogP contribution >= 0.6 is 11.3 Å². The Balaban J connectivity index is 1.09. The lowest BCUT2D eigenvalue weighted by Crippen LogP contribution is -2.51. The molecule has 0 aliphatic carbocycles. The van der Waals surface area contributed by atoms with Gasteiger partial charge < -0.3 is 14.7 Å². The number of anilines is 1. The van der Waals surface area contributed by atoms with E-state index < -0.39 is 6.41 Å². The van der Waals surface area contributed by atoms with Crippen LogP contribution in [0.5, 0.6) is 0 Å². The van der Waals surface area contributed by atoms with E-state index in [1.807, 2.05) is 65.8 Å². The second kappa shape index (κ2) is 9.04. The molecule has 1 aliphatic rings. The molecule has 1 fully saturated rings. The summed E-state index contributed by atoms with van der Waals surface area (Å²) in [6.07, 6.45) is 6.62. The normalized spacial score (nSPS) is 16.8. The number of thiazole rings is 1. The number of aryl methyl sites for hydroxylation is 1. The number of aliphatic hydroxyl groups is 1. The van der Waals surface area contributed by atoms with Crippen LogP contribution in [0.2, 0.25) is 0 Å². The van der Waals surface area contributed by atoms with Crippen LogP contribution < -0.4 is 4.90 Å². The largest absolute Gasteiger partial charge is 0.366 e. The van der Waals surface area contributed by atoms with Gasteiger partial charge in [0, 0.05) is 56.7 Å². The van der Waals surface area contributed by atoms with E-state index in [9.17, 15) is 5.11 Å². The molecule has 2 atom stereocenters. The summed E-state index contributed by atoms with van der Waals surface area (Å²) in [4.78, 5) is 8.67. The van der Waals surface area contributed by atoms with E-state index in [1.54, 1.807) is 16.0 Å². The maximum absolute atomic E-state index is 10.8. The number of aliphatic hydroxyl groups excluding tert-OH is 1. The van der Waals surface area contributed by atoms with Crippen molar-refractivity contribution in [2.75, 3.05) is 31.1 Å². The van der Waals surface area contributed by atoms with E-state index >= 15 is 0 Å². The first kappa shape index (κ1) is 22.2. The van der Waals surface area contributed by atoms with Crippen LogP contribution in [0, 0.1) is 0 Å². The molecule has 5 aromatic rings. The molecule has 180 valence electrons. The Morgan fingerprint density at radius 2 is 1.86 bits per heavy atom. The Kier molecular flexibility index (Phi) is 5.73. The molecular weight excluding hydrogens is 462 g/mol. The molecule has 6 rings (SSSR count). The molecule has 5 heterocycles. The molecule has 1 N–H and O–H groups in total. The van der Waals surface area contributed by atoms with Crippen LogP contribution in [-0.2, 0) is 11.8 Å². The van der Waals surface area contributed by atoms with Crippen LogP contribution in [0.15, 0.2) is 60.6 Å². The molecule has 1 saturated heterocycles. The quantitative estimate of drug-likeness (QED) is 0.365. The summed E-state index contributed by atoms with van der Waals surface area (Å²) in [7, 11) is 1.91. The van der Waals surface area contributed by atoms with Crippen molar-refractivity contribution in [3.63, 3.8) is 0 Å². The molecular formula is C25H27N7O2S. The summed E-state index contributed by atoms with van der Waals surface area (Å²) < 4.78 is 10.8. The number of pyridine rings is 1. The molecule has 4 aromatic heterocycles. The molecule has 0 amide bonds. The van der Waals surface area contributed by atoms with E-state index in [1.165, 1.54) is 0 Å². The summed E-state index contributed by atoms with van der Waals surface area (Å²) in [5, 5.41) is 19.6. The van der Waals surface area contributed by atoms with E-state index in [-0.39, 0.29) is 6.10 Å². The minimum Gasteiger partial charge on any atom is -0.366 e. The Hall–Kier alpha value is -3.31. The third-order valence-corrected chi connectivity index (χ3v) is 7.46. The van der Waals surface area contributed by atoms with Gasteiger partial charge in [-0.15, -0.1) is 11.3 Å². The maximum Gasteiger partial charge on any atom is 0.216 e. The van der Waals surface area contributed by atoms with Crippen molar-refractivity contribution in [3.05, 3.63) is 66.2 Å². The minimum absolute atomic E-state index is 0.234. The van der Waals surface area contributed by atoms with Crippen LogP contribution in [0.1, 0.15) is 18.6 Å². The van der Waals surface area contributed by atoms with Crippen molar-refractivity contribution < 1.29 is 9.84 Å². The standard InChI is InChI=1S/C25H27N7O2S/c1-17(18-4-6-24-21(11-18)26-16-35-24)34-25(33)31-9-7-30(8-10-31)23-13-28-32-15-19(3-5-22(23)32)20-12-27-29(2)14-20/h3-6,11-17,25,33H,7-10H2,1-2H3. The first-order valence-corrected chi connectivity index (χ1v) is 12.6. The van der Waals surface area contributed by atoms with Crippen molar-refractivity contribution in [2.45, 2.75) is 19.4 Å². The molecule has 0 spiro atoms. The second-order valence-corrected chi connectivity index (χ2v) is 9.77. The van der Waals surface area contributed by atoms with Gasteiger partial charge in [0.2, 0.25) is 6.41 Å². The zero-order valence-corrected chi connectivity index (χ0v) is 20.5. The van der Waals surface area contributed by atoms with E-state index in [2.05, 4.69) is 38.3 Å². The molecule has 35 heavy (non-hydrogen) atoms. The van der Waals surface area contributed by atoms with Crippen molar-refractivity contribution in [2.24, 2.45) is 7.05 Å². The Labute approximate surface area is 206 Å². The number of hydrogen-bond acceptors (Lipinski definition) is 8. The number of hydrogen-bond donors (Lipinski definition) is 1. The summed E-state index contributed by atoms with van der Waals surface area (Å²) in [5.74, 6) is 0. The predicted octanol–water partition coefficient (Wildman–Crippen LogP) is 3.52. The lowest BCUT2D eigenvalue weighted by atomic mass is 10.1. The number of aromatic nitrogens is 5. The van der Waals surface area contributed by atoms with Crippen molar-refractivity contribution in [1.29, 1.82) is 0 Å². The van der Waals surface area contributed by atoms with Gasteiger partial charge in [-0.05, 0) is 30.7 Å². The van der Waals surface area contributed by atoms with Gasteiger partial charge in [0.05, 0.1) is 45.4 Å². The van der Waals surface area contributed by atoms with Crippen molar-refractivity contribution >= 4 is 32.8 Å². The topological polar surface area (TPSA) is 84.0 Å². The Morgan fingerprint density at radius 3 is 2.66 bits per heavy atom. The van der Waals surface area contributed by atoms with Crippen LogP contribution in [0.4, 0.5) is 5.69 Å². The van der Waals surface area contributed by atoms with Gasteiger partial charge in [-0.2, -0.15) is 10.2 Å². The number of benzene rings is 1. The van der Waals surface area contributed by atoms with Gasteiger partial charge >= 0.3 is 0 Å².